The number of nitrogens with zero attached hydrogens (tertiary/aromatic N) is 1. The smallest absolute Gasteiger partial charge is 0.323 e. The molecule has 216 valence electrons. The quantitative estimate of drug-likeness (QED) is 0.170. The number of halogens is 4. The third-order valence-electron chi connectivity index (χ3n) is 5.63. The number of alkyl halides is 4. The number of hydrogen-bond donors (Lipinski definition) is 2. The molecule has 2 aliphatic heterocycles. The van der Waals surface area contributed by atoms with Crippen molar-refractivity contribution in [3.8, 4) is 5.75 Å². The van der Waals surface area contributed by atoms with Crippen LogP contribution in [-0.4, -0.2) is 76.7 Å². The van der Waals surface area contributed by atoms with Crippen molar-refractivity contribution < 1.29 is 55.6 Å². The van der Waals surface area contributed by atoms with Crippen LogP contribution in [0.5, 0.6) is 5.75 Å². The second-order valence-electron chi connectivity index (χ2n) is 9.07. The number of hydrogen-bond acceptors (Lipinski definition) is 9. The highest BCUT2D eigenvalue weighted by atomic mass is 32.5. The zero-order valence-electron chi connectivity index (χ0n) is 21.0. The lowest BCUT2D eigenvalue weighted by atomic mass is 9.95. The molecular formula is C23H27F4N2O8PS. The third-order valence-corrected chi connectivity index (χ3v) is 8.11. The van der Waals surface area contributed by atoms with Gasteiger partial charge in [0.2, 0.25) is 12.1 Å². The fourth-order valence-electron chi connectivity index (χ4n) is 3.68. The third kappa shape index (κ3) is 6.84. The summed E-state index contributed by atoms with van der Waals surface area (Å²) in [5, 5.41) is 13.0. The molecule has 2 aliphatic rings. The van der Waals surface area contributed by atoms with E-state index in [0.717, 1.165) is 6.08 Å². The number of aliphatic hydroxyl groups excluding tert-OH is 1. The van der Waals surface area contributed by atoms with Gasteiger partial charge in [-0.1, -0.05) is 18.2 Å². The molecule has 0 radical (unpaired) electrons. The molecule has 1 amide bonds. The van der Waals surface area contributed by atoms with Crippen molar-refractivity contribution in [2.45, 2.75) is 69.6 Å². The average Bonchev–Trinajstić information content (AvgIpc) is 3.04. The lowest BCUT2D eigenvalue weighted by Gasteiger charge is -2.34. The van der Waals surface area contributed by atoms with Crippen molar-refractivity contribution in [3.63, 3.8) is 0 Å². The molecule has 16 heteroatoms. The summed E-state index contributed by atoms with van der Waals surface area (Å²) < 4.78 is 80.2. The van der Waals surface area contributed by atoms with Crippen molar-refractivity contribution in [1.29, 1.82) is 0 Å². The summed E-state index contributed by atoms with van der Waals surface area (Å²) in [4.78, 5) is 36.3. The molecule has 0 aromatic heterocycles. The predicted octanol–water partition coefficient (Wildman–Crippen LogP) is 2.91. The van der Waals surface area contributed by atoms with Crippen LogP contribution in [0.4, 0.5) is 17.6 Å². The van der Waals surface area contributed by atoms with E-state index in [0.29, 0.717) is 6.20 Å². The first kappa shape index (κ1) is 31.1. The lowest BCUT2D eigenvalue weighted by molar-refractivity contribution is -0.201. The van der Waals surface area contributed by atoms with E-state index in [4.69, 9.17) is 30.3 Å². The number of ether oxygens (including phenoxy) is 2. The number of ketones is 1. The van der Waals surface area contributed by atoms with Gasteiger partial charge in [-0.05, 0) is 50.8 Å². The number of allylic oxidation sites excluding steroid dienone is 1. The molecule has 0 bridgehead atoms. The maximum Gasteiger partial charge on any atom is 0.323 e. The molecule has 0 aliphatic carbocycles. The van der Waals surface area contributed by atoms with E-state index in [9.17, 15) is 28.3 Å². The Bertz CT molecular complexity index is 1160. The molecule has 5 atom stereocenters. The Hall–Kier alpha value is -2.42. The van der Waals surface area contributed by atoms with Crippen LogP contribution in [0.15, 0.2) is 42.6 Å². The van der Waals surface area contributed by atoms with Gasteiger partial charge in [0, 0.05) is 6.20 Å². The molecule has 1 saturated heterocycles. The Morgan fingerprint density at radius 2 is 1.90 bits per heavy atom. The van der Waals surface area contributed by atoms with Crippen LogP contribution in [0.2, 0.25) is 0 Å². The molecule has 0 saturated carbocycles. The summed E-state index contributed by atoms with van der Waals surface area (Å²) >= 11 is 5.41. The van der Waals surface area contributed by atoms with E-state index in [1.165, 1.54) is 19.1 Å². The van der Waals surface area contributed by atoms with Gasteiger partial charge in [0.15, 0.2) is 17.5 Å². The van der Waals surface area contributed by atoms with Crippen LogP contribution in [0.25, 0.3) is 0 Å². The monoisotopic (exact) mass is 598 g/mol. The highest BCUT2D eigenvalue weighted by molar-refractivity contribution is 8.09. The predicted molar refractivity (Wildman–Crippen MR) is 131 cm³/mol. The number of carbonyl (C=O) groups is 3. The van der Waals surface area contributed by atoms with Crippen molar-refractivity contribution in [1.82, 2.24) is 9.99 Å². The number of nitrogens with one attached hydrogen (secondary N) is 1. The zero-order valence-corrected chi connectivity index (χ0v) is 22.7. The van der Waals surface area contributed by atoms with E-state index in [2.05, 4.69) is 5.09 Å². The van der Waals surface area contributed by atoms with Gasteiger partial charge in [0.25, 0.3) is 6.43 Å². The van der Waals surface area contributed by atoms with Gasteiger partial charge < -0.3 is 23.6 Å². The topological polar surface area (TPSA) is 124 Å². The van der Waals surface area contributed by atoms with Crippen LogP contribution in [-0.2, 0) is 40.2 Å². The van der Waals surface area contributed by atoms with Gasteiger partial charge in [0.1, 0.15) is 11.8 Å². The maximum atomic E-state index is 15.1. The van der Waals surface area contributed by atoms with Crippen molar-refractivity contribution in [2.75, 3.05) is 6.61 Å². The van der Waals surface area contributed by atoms with E-state index in [1.807, 2.05) is 0 Å². The number of rotatable bonds is 11. The Labute approximate surface area is 226 Å². The lowest BCUT2D eigenvalue weighted by Crippen LogP contribution is -2.55. The second-order valence-corrected chi connectivity index (χ2v) is 12.2. The number of carbonyl (C=O) groups excluding carboxylic acids is 3. The minimum Gasteiger partial charge on any atom is -0.462 e. The van der Waals surface area contributed by atoms with Crippen molar-refractivity contribution in [3.05, 3.63) is 42.6 Å². The fourth-order valence-corrected chi connectivity index (χ4v) is 6.10. The Morgan fingerprint density at radius 1 is 1.26 bits per heavy atom. The Morgan fingerprint density at radius 3 is 2.46 bits per heavy atom. The number of aliphatic hydroxyl groups is 1. The molecule has 1 unspecified atom stereocenters. The highest BCUT2D eigenvalue weighted by Crippen LogP contribution is 2.51. The average molecular weight is 599 g/mol. The summed E-state index contributed by atoms with van der Waals surface area (Å²) in [6, 6.07) is 6.50. The van der Waals surface area contributed by atoms with Crippen molar-refractivity contribution >= 4 is 36.1 Å². The minimum absolute atomic E-state index is 0.105. The van der Waals surface area contributed by atoms with Crippen LogP contribution >= 0.6 is 6.64 Å². The summed E-state index contributed by atoms with van der Waals surface area (Å²) in [7, 11) is 0. The molecule has 1 aromatic carbocycles. The van der Waals surface area contributed by atoms with Gasteiger partial charge in [-0.15, -0.1) is 0 Å². The molecule has 39 heavy (non-hydrogen) atoms. The number of esters is 1. The summed E-state index contributed by atoms with van der Waals surface area (Å²) in [6.07, 6.45) is -9.42. The van der Waals surface area contributed by atoms with Gasteiger partial charge >= 0.3 is 18.5 Å². The van der Waals surface area contributed by atoms with Crippen LogP contribution < -0.4 is 9.61 Å². The number of benzene rings is 1. The van der Waals surface area contributed by atoms with Gasteiger partial charge in [-0.25, -0.2) is 13.9 Å². The van der Waals surface area contributed by atoms with E-state index >= 15 is 8.78 Å². The molecule has 3 rings (SSSR count). The summed E-state index contributed by atoms with van der Waals surface area (Å²) in [6.45, 7) is -0.891. The van der Waals surface area contributed by atoms with E-state index in [1.54, 1.807) is 32.0 Å². The molecular weight excluding hydrogens is 571 g/mol. The minimum atomic E-state index is -4.41. The molecule has 0 spiro atoms. The number of para-hydroxylation sites is 1. The van der Waals surface area contributed by atoms with E-state index in [-0.39, 0.29) is 10.6 Å². The van der Waals surface area contributed by atoms with Crippen LogP contribution in [0.3, 0.4) is 0 Å². The van der Waals surface area contributed by atoms with Gasteiger partial charge in [-0.2, -0.15) is 8.78 Å². The van der Waals surface area contributed by atoms with Gasteiger partial charge in [-0.3, -0.25) is 19.3 Å². The Kier molecular flexibility index (Phi) is 9.56. The van der Waals surface area contributed by atoms with Crippen LogP contribution in [0.1, 0.15) is 27.2 Å². The largest absolute Gasteiger partial charge is 0.462 e. The first-order valence-electron chi connectivity index (χ1n) is 11.6. The fraction of sp³-hybridized carbons (Fsp3) is 0.522. The standard InChI is InChI=1S/C23H27F4N2O8PS/c1-13(2)35-18(32)14(3)28-38(39,37-16-7-5-4-6-8-16)34-12-22(20(24)25)19(33)23(26,27)21(36-22)29-10-9-15(30)11-17(29)31/h4-10,13-14,19-21,33H,11-12H2,1-3H3,(H,28,39)/t14-,19+,21+,22+,38?/m0/s1. The number of amides is 1. The van der Waals surface area contributed by atoms with E-state index < -0.39 is 79.8 Å². The first-order chi connectivity index (χ1) is 18.1. The molecule has 1 aromatic rings. The normalized spacial score (nSPS) is 27.1. The molecule has 2 heterocycles. The summed E-state index contributed by atoms with van der Waals surface area (Å²) in [5.41, 5.74) is -3.38. The first-order valence-corrected chi connectivity index (χ1v) is 14.3. The molecule has 2 N–H and O–H groups in total. The molecule has 1 fully saturated rings. The highest BCUT2D eigenvalue weighted by Gasteiger charge is 2.72. The maximum absolute atomic E-state index is 15.1. The van der Waals surface area contributed by atoms with Gasteiger partial charge in [0.05, 0.1) is 19.1 Å². The Balaban J connectivity index is 1.91. The van der Waals surface area contributed by atoms with Crippen molar-refractivity contribution in [2.24, 2.45) is 0 Å². The SMILES string of the molecule is CC(C)OC(=O)[C@H](C)NP(=S)(OC[C@@]1(C(F)F)O[C@@H](N2C=CC(=O)CC2=O)C(F)(F)[C@@H]1O)Oc1ccccc1. The van der Waals surface area contributed by atoms with Crippen LogP contribution in [0, 0.1) is 0 Å². The second kappa shape index (κ2) is 12.0. The summed E-state index contributed by atoms with van der Waals surface area (Å²) in [5.74, 6) is -6.91. The molecule has 10 nitrogen and oxygen atoms in total. The zero-order chi connectivity index (χ0) is 29.2.